The first-order chi connectivity index (χ1) is 10.8. The number of aromatic amines is 1. The van der Waals surface area contributed by atoms with Crippen LogP contribution in [0.25, 0.3) is 0 Å². The molecule has 2 rings (SSSR count). The molecule has 23 heavy (non-hydrogen) atoms. The van der Waals surface area contributed by atoms with E-state index in [1.165, 1.54) is 18.2 Å². The minimum absolute atomic E-state index is 0.0539. The van der Waals surface area contributed by atoms with Gasteiger partial charge in [-0.05, 0) is 40.0 Å². The van der Waals surface area contributed by atoms with Gasteiger partial charge in [0.05, 0.1) is 15.7 Å². The van der Waals surface area contributed by atoms with Gasteiger partial charge >= 0.3 is 0 Å². The first-order valence-electron chi connectivity index (χ1n) is 6.64. The van der Waals surface area contributed by atoms with Crippen molar-refractivity contribution in [2.45, 2.75) is 19.8 Å². The lowest BCUT2D eigenvalue weighted by Crippen LogP contribution is -2.42. The van der Waals surface area contributed by atoms with E-state index in [4.69, 9.17) is 11.6 Å². The Hall–Kier alpha value is -2.06. The zero-order valence-electron chi connectivity index (χ0n) is 12.3. The number of phenols is 1. The van der Waals surface area contributed by atoms with E-state index in [1.54, 1.807) is 0 Å². The number of hydrazine groups is 1. The van der Waals surface area contributed by atoms with Crippen LogP contribution in [0.15, 0.2) is 22.7 Å². The van der Waals surface area contributed by atoms with E-state index in [-0.39, 0.29) is 27.9 Å². The lowest BCUT2D eigenvalue weighted by atomic mass is 10.1. The first-order valence-corrected chi connectivity index (χ1v) is 7.81. The lowest BCUT2D eigenvalue weighted by molar-refractivity contribution is 0.0842. The average molecular weight is 402 g/mol. The standard InChI is InChI=1S/C14H14BrClN4O3/c1-6(2)11-10(15)12(18-17-11)14(23)20-19-13(22)8-5-7(16)3-4-9(8)21/h3-6,21H,1-2H3,(H,17,18)(H,19,22)(H,20,23). The second-order valence-corrected chi connectivity index (χ2v) is 6.25. The van der Waals surface area contributed by atoms with E-state index in [0.29, 0.717) is 4.47 Å². The number of hydrogen-bond acceptors (Lipinski definition) is 4. The zero-order chi connectivity index (χ0) is 17.1. The maximum absolute atomic E-state index is 12.1. The molecule has 0 unspecified atom stereocenters. The number of carbonyl (C=O) groups is 2. The maximum Gasteiger partial charge on any atom is 0.291 e. The normalized spacial score (nSPS) is 10.7. The fraction of sp³-hybridized carbons (Fsp3) is 0.214. The van der Waals surface area contributed by atoms with Crippen molar-refractivity contribution in [2.24, 2.45) is 0 Å². The Bertz CT molecular complexity index is 760. The molecule has 0 aliphatic carbocycles. The molecule has 0 spiro atoms. The van der Waals surface area contributed by atoms with Crippen molar-refractivity contribution >= 4 is 39.3 Å². The minimum Gasteiger partial charge on any atom is -0.507 e. The topological polar surface area (TPSA) is 107 Å². The minimum atomic E-state index is -0.700. The average Bonchev–Trinajstić information content (AvgIpc) is 2.88. The fourth-order valence-corrected chi connectivity index (χ4v) is 2.79. The highest BCUT2D eigenvalue weighted by Gasteiger charge is 2.20. The SMILES string of the molecule is CC(C)c1[nH]nc(C(=O)NNC(=O)c2cc(Cl)ccc2O)c1Br. The number of aromatic nitrogens is 2. The van der Waals surface area contributed by atoms with Crippen molar-refractivity contribution < 1.29 is 14.7 Å². The van der Waals surface area contributed by atoms with Crippen molar-refractivity contribution in [3.8, 4) is 5.75 Å². The number of H-pyrrole nitrogens is 1. The predicted octanol–water partition coefficient (Wildman–Crippen LogP) is 2.73. The zero-order valence-corrected chi connectivity index (χ0v) is 14.6. The van der Waals surface area contributed by atoms with Gasteiger partial charge in [-0.3, -0.25) is 25.5 Å². The molecule has 1 aromatic carbocycles. The van der Waals surface area contributed by atoms with Gasteiger partial charge in [-0.1, -0.05) is 25.4 Å². The Morgan fingerprint density at radius 2 is 1.96 bits per heavy atom. The summed E-state index contributed by atoms with van der Waals surface area (Å²) < 4.78 is 0.532. The van der Waals surface area contributed by atoms with Gasteiger partial charge in [0, 0.05) is 5.02 Å². The van der Waals surface area contributed by atoms with Crippen LogP contribution in [0.2, 0.25) is 5.02 Å². The highest BCUT2D eigenvalue weighted by molar-refractivity contribution is 9.10. The third-order valence-corrected chi connectivity index (χ3v) is 4.06. The number of phenolic OH excluding ortho intramolecular Hbond substituents is 1. The third-order valence-electron chi connectivity index (χ3n) is 3.02. The van der Waals surface area contributed by atoms with Crippen molar-refractivity contribution in [1.29, 1.82) is 0 Å². The van der Waals surface area contributed by atoms with E-state index >= 15 is 0 Å². The molecule has 2 aromatic rings. The van der Waals surface area contributed by atoms with Gasteiger partial charge in [0.25, 0.3) is 11.8 Å². The Morgan fingerprint density at radius 3 is 2.57 bits per heavy atom. The van der Waals surface area contributed by atoms with Gasteiger partial charge in [-0.25, -0.2) is 0 Å². The van der Waals surface area contributed by atoms with Crippen LogP contribution in [-0.2, 0) is 0 Å². The number of hydrogen-bond donors (Lipinski definition) is 4. The Balaban J connectivity index is 2.07. The number of nitrogens with zero attached hydrogens (tertiary/aromatic N) is 1. The Morgan fingerprint density at radius 1 is 1.30 bits per heavy atom. The summed E-state index contributed by atoms with van der Waals surface area (Å²) in [6.45, 7) is 3.90. The number of benzene rings is 1. The molecule has 1 aromatic heterocycles. The predicted molar refractivity (Wildman–Crippen MR) is 88.4 cm³/mol. The van der Waals surface area contributed by atoms with E-state index in [2.05, 4.69) is 37.0 Å². The van der Waals surface area contributed by atoms with Crippen LogP contribution in [0.4, 0.5) is 0 Å². The second-order valence-electron chi connectivity index (χ2n) is 5.02. The van der Waals surface area contributed by atoms with Crippen LogP contribution < -0.4 is 10.9 Å². The number of halogens is 2. The third kappa shape index (κ3) is 3.83. The van der Waals surface area contributed by atoms with E-state index in [0.717, 1.165) is 5.69 Å². The molecule has 1 heterocycles. The van der Waals surface area contributed by atoms with Gasteiger partial charge in [-0.15, -0.1) is 0 Å². The van der Waals surface area contributed by atoms with Gasteiger partial charge in [-0.2, -0.15) is 5.10 Å². The summed E-state index contributed by atoms with van der Waals surface area (Å²) >= 11 is 9.07. The van der Waals surface area contributed by atoms with Crippen LogP contribution in [0, 0.1) is 0 Å². The Kier molecular flexibility index (Phi) is 5.27. The monoisotopic (exact) mass is 400 g/mol. The first kappa shape index (κ1) is 17.3. The molecule has 0 fully saturated rings. The van der Waals surface area contributed by atoms with Gasteiger partial charge in [0.2, 0.25) is 0 Å². The van der Waals surface area contributed by atoms with Crippen LogP contribution >= 0.6 is 27.5 Å². The van der Waals surface area contributed by atoms with Gasteiger partial charge in [0.1, 0.15) is 5.75 Å². The molecule has 2 amide bonds. The van der Waals surface area contributed by atoms with Crippen LogP contribution in [0.5, 0.6) is 5.75 Å². The second kappa shape index (κ2) is 7.01. The molecule has 0 aliphatic heterocycles. The van der Waals surface area contributed by atoms with Crippen LogP contribution in [0.1, 0.15) is 46.3 Å². The van der Waals surface area contributed by atoms with Gasteiger partial charge < -0.3 is 5.11 Å². The van der Waals surface area contributed by atoms with Gasteiger partial charge in [0.15, 0.2) is 5.69 Å². The summed E-state index contributed by atoms with van der Waals surface area (Å²) in [5.74, 6) is -1.40. The molecule has 122 valence electrons. The quantitative estimate of drug-likeness (QED) is 0.593. The van der Waals surface area contributed by atoms with Crippen molar-refractivity contribution in [3.05, 3.63) is 44.6 Å². The summed E-state index contributed by atoms with van der Waals surface area (Å²) in [5, 5.41) is 16.6. The summed E-state index contributed by atoms with van der Waals surface area (Å²) in [6.07, 6.45) is 0. The number of nitrogens with one attached hydrogen (secondary N) is 3. The largest absolute Gasteiger partial charge is 0.507 e. The number of amides is 2. The molecular weight excluding hydrogens is 388 g/mol. The molecule has 0 saturated carbocycles. The van der Waals surface area contributed by atoms with Crippen LogP contribution in [-0.4, -0.2) is 27.1 Å². The summed E-state index contributed by atoms with van der Waals surface area (Å²) in [5.41, 5.74) is 5.26. The molecule has 4 N–H and O–H groups in total. The number of carbonyl (C=O) groups excluding carboxylic acids is 2. The molecular formula is C14H14BrClN4O3. The van der Waals surface area contributed by atoms with Crippen molar-refractivity contribution in [2.75, 3.05) is 0 Å². The van der Waals surface area contributed by atoms with Crippen molar-refractivity contribution in [1.82, 2.24) is 21.0 Å². The molecule has 0 aliphatic rings. The highest BCUT2D eigenvalue weighted by atomic mass is 79.9. The molecule has 9 heteroatoms. The molecule has 7 nitrogen and oxygen atoms in total. The Labute approximate surface area is 145 Å². The van der Waals surface area contributed by atoms with Crippen LogP contribution in [0.3, 0.4) is 0 Å². The molecule has 0 bridgehead atoms. The lowest BCUT2D eigenvalue weighted by Gasteiger charge is -2.08. The molecule has 0 atom stereocenters. The maximum atomic E-state index is 12.1. The number of rotatable bonds is 3. The highest BCUT2D eigenvalue weighted by Crippen LogP contribution is 2.25. The van der Waals surface area contributed by atoms with E-state index < -0.39 is 11.8 Å². The summed E-state index contributed by atoms with van der Waals surface area (Å²) in [7, 11) is 0. The summed E-state index contributed by atoms with van der Waals surface area (Å²) in [6, 6.07) is 4.03. The molecule has 0 saturated heterocycles. The fourth-order valence-electron chi connectivity index (χ4n) is 1.81. The van der Waals surface area contributed by atoms with Crippen molar-refractivity contribution in [3.63, 3.8) is 0 Å². The molecule has 0 radical (unpaired) electrons. The summed E-state index contributed by atoms with van der Waals surface area (Å²) in [4.78, 5) is 24.0. The van der Waals surface area contributed by atoms with E-state index in [9.17, 15) is 14.7 Å². The smallest absolute Gasteiger partial charge is 0.291 e. The number of aromatic hydroxyl groups is 1. The van der Waals surface area contributed by atoms with E-state index in [1.807, 2.05) is 13.8 Å².